The number of hydrogen-bond donors (Lipinski definition) is 0. The highest BCUT2D eigenvalue weighted by Gasteiger charge is 2.05. The van der Waals surface area contributed by atoms with E-state index in [2.05, 4.69) is 0 Å². The number of nitrogens with zero attached hydrogens (tertiary/aromatic N) is 1. The highest BCUT2D eigenvalue weighted by molar-refractivity contribution is 5.87. The average Bonchev–Trinajstić information content (AvgIpc) is 2.71. The number of carbonyl (C=O) groups is 1. The Morgan fingerprint density at radius 1 is 1.07 bits per heavy atom. The Kier molecular flexibility index (Phi) is 8.25. The average molecular weight is 367 g/mol. The van der Waals surface area contributed by atoms with Gasteiger partial charge in [0, 0.05) is 12.5 Å². The minimum atomic E-state index is -0.432. The first kappa shape index (κ1) is 19.9. The maximum atomic E-state index is 11.8. The molecule has 0 N–H and O–H groups in total. The van der Waals surface area contributed by atoms with Crippen LogP contribution in [-0.2, 0) is 9.53 Å². The van der Waals surface area contributed by atoms with Gasteiger partial charge in [-0.3, -0.25) is 0 Å². The molecule has 0 unspecified atom stereocenters. The van der Waals surface area contributed by atoms with Crippen LogP contribution in [0.25, 0.3) is 6.08 Å². The third-order valence-electron chi connectivity index (χ3n) is 3.44. The Morgan fingerprint density at radius 3 is 2.63 bits per heavy atom. The molecule has 0 fully saturated rings. The minimum absolute atomic E-state index is 0.0636. The van der Waals surface area contributed by atoms with Crippen LogP contribution < -0.4 is 14.2 Å². The minimum Gasteiger partial charge on any atom is -0.493 e. The number of nitriles is 1. The Hall–Kier alpha value is -3.46. The van der Waals surface area contributed by atoms with E-state index >= 15 is 0 Å². The molecule has 0 spiro atoms. The molecule has 0 bridgehead atoms. The van der Waals surface area contributed by atoms with Crippen LogP contribution in [0.1, 0.15) is 12.0 Å². The summed E-state index contributed by atoms with van der Waals surface area (Å²) in [7, 11) is 1.51. The van der Waals surface area contributed by atoms with E-state index in [-0.39, 0.29) is 13.2 Å². The molecule has 0 saturated heterocycles. The lowest BCUT2D eigenvalue weighted by Crippen LogP contribution is -2.06. The molecule has 0 aliphatic rings. The molecular weight excluding hydrogens is 346 g/mol. The Labute approximate surface area is 158 Å². The molecule has 2 aromatic carbocycles. The van der Waals surface area contributed by atoms with E-state index in [0.717, 1.165) is 11.3 Å². The van der Waals surface area contributed by atoms with E-state index in [0.29, 0.717) is 24.5 Å². The number of esters is 1. The number of rotatable bonds is 10. The Morgan fingerprint density at radius 2 is 1.89 bits per heavy atom. The highest BCUT2D eigenvalue weighted by Crippen LogP contribution is 2.28. The lowest BCUT2D eigenvalue weighted by atomic mass is 10.2. The predicted octanol–water partition coefficient (Wildman–Crippen LogP) is 3.62. The van der Waals surface area contributed by atoms with Gasteiger partial charge in [0.25, 0.3) is 0 Å². The van der Waals surface area contributed by atoms with Gasteiger partial charge >= 0.3 is 5.97 Å². The van der Waals surface area contributed by atoms with E-state index in [9.17, 15) is 4.79 Å². The molecule has 0 saturated carbocycles. The van der Waals surface area contributed by atoms with E-state index < -0.39 is 5.97 Å². The molecule has 2 aromatic rings. The smallest absolute Gasteiger partial charge is 0.330 e. The van der Waals surface area contributed by atoms with Crippen LogP contribution in [0.4, 0.5) is 0 Å². The van der Waals surface area contributed by atoms with Crippen molar-refractivity contribution >= 4 is 12.0 Å². The van der Waals surface area contributed by atoms with Crippen molar-refractivity contribution in [3.05, 3.63) is 60.2 Å². The summed E-state index contributed by atoms with van der Waals surface area (Å²) in [6.07, 6.45) is 3.58. The summed E-state index contributed by atoms with van der Waals surface area (Å²) in [6.45, 7) is 0.689. The molecule has 0 aromatic heterocycles. The molecule has 0 amide bonds. The van der Waals surface area contributed by atoms with E-state index in [4.69, 9.17) is 24.2 Å². The summed E-state index contributed by atoms with van der Waals surface area (Å²) < 4.78 is 21.1. The van der Waals surface area contributed by atoms with Crippen LogP contribution in [0.3, 0.4) is 0 Å². The van der Waals surface area contributed by atoms with Gasteiger partial charge < -0.3 is 18.9 Å². The fourth-order valence-electron chi connectivity index (χ4n) is 2.17. The van der Waals surface area contributed by atoms with E-state index in [1.54, 1.807) is 24.3 Å². The fraction of sp³-hybridized carbons (Fsp3) is 0.238. The van der Waals surface area contributed by atoms with Gasteiger partial charge in [-0.2, -0.15) is 5.26 Å². The van der Waals surface area contributed by atoms with Gasteiger partial charge in [-0.05, 0) is 35.9 Å². The summed E-state index contributed by atoms with van der Waals surface area (Å²) in [4.78, 5) is 11.8. The van der Waals surface area contributed by atoms with E-state index in [1.807, 2.05) is 36.4 Å². The van der Waals surface area contributed by atoms with Crippen molar-refractivity contribution in [3.8, 4) is 23.3 Å². The summed E-state index contributed by atoms with van der Waals surface area (Å²) in [6, 6.07) is 16.5. The normalized spacial score (nSPS) is 10.2. The molecule has 27 heavy (non-hydrogen) atoms. The van der Waals surface area contributed by atoms with Crippen molar-refractivity contribution in [2.75, 3.05) is 26.9 Å². The van der Waals surface area contributed by atoms with Crippen LogP contribution in [0, 0.1) is 11.3 Å². The van der Waals surface area contributed by atoms with E-state index in [1.165, 1.54) is 13.2 Å². The van der Waals surface area contributed by atoms with Gasteiger partial charge in [-0.25, -0.2) is 4.79 Å². The number of benzene rings is 2. The van der Waals surface area contributed by atoms with Crippen LogP contribution in [0.15, 0.2) is 54.6 Å². The highest BCUT2D eigenvalue weighted by atomic mass is 16.5. The SMILES string of the molecule is COc1cc(/C=C/C(=O)OCCCOc2ccccc2)ccc1OCC#N. The van der Waals surface area contributed by atoms with Gasteiger partial charge in [0.15, 0.2) is 18.1 Å². The van der Waals surface area contributed by atoms with Crippen molar-refractivity contribution in [1.82, 2.24) is 0 Å². The molecule has 140 valence electrons. The standard InChI is InChI=1S/C21H21NO5/c1-24-20-16-17(8-10-19(20)26-15-12-22)9-11-21(23)27-14-5-13-25-18-6-3-2-4-7-18/h2-4,6-11,16H,5,13-15H2,1H3/b11-9+. The largest absolute Gasteiger partial charge is 0.493 e. The second kappa shape index (κ2) is 11.2. The van der Waals surface area contributed by atoms with Crippen molar-refractivity contribution in [2.45, 2.75) is 6.42 Å². The van der Waals surface area contributed by atoms with Gasteiger partial charge in [0.2, 0.25) is 0 Å². The summed E-state index contributed by atoms with van der Waals surface area (Å²) in [5, 5.41) is 8.57. The van der Waals surface area contributed by atoms with Gasteiger partial charge in [0.1, 0.15) is 11.8 Å². The van der Waals surface area contributed by atoms with Gasteiger partial charge in [-0.15, -0.1) is 0 Å². The van der Waals surface area contributed by atoms with Gasteiger partial charge in [-0.1, -0.05) is 24.3 Å². The van der Waals surface area contributed by atoms with Gasteiger partial charge in [0.05, 0.1) is 20.3 Å². The third kappa shape index (κ3) is 7.12. The monoisotopic (exact) mass is 367 g/mol. The second-order valence-electron chi connectivity index (χ2n) is 5.37. The van der Waals surface area contributed by atoms with Crippen LogP contribution >= 0.6 is 0 Å². The number of para-hydroxylation sites is 1. The Bertz CT molecular complexity index is 796. The number of ether oxygens (including phenoxy) is 4. The molecule has 6 nitrogen and oxygen atoms in total. The number of hydrogen-bond acceptors (Lipinski definition) is 6. The quantitative estimate of drug-likeness (QED) is 0.363. The summed E-state index contributed by atoms with van der Waals surface area (Å²) in [5.41, 5.74) is 0.750. The molecule has 0 aliphatic heterocycles. The molecule has 0 aliphatic carbocycles. The summed E-state index contributed by atoms with van der Waals surface area (Å²) in [5.74, 6) is 1.31. The molecule has 0 atom stereocenters. The number of carbonyl (C=O) groups excluding carboxylic acids is 1. The Balaban J connectivity index is 1.74. The zero-order chi connectivity index (χ0) is 19.3. The fourth-order valence-corrected chi connectivity index (χ4v) is 2.17. The lowest BCUT2D eigenvalue weighted by Gasteiger charge is -2.08. The molecule has 0 radical (unpaired) electrons. The molecule has 0 heterocycles. The molecule has 2 rings (SSSR count). The van der Waals surface area contributed by atoms with Crippen LogP contribution in [-0.4, -0.2) is 32.9 Å². The molecule has 6 heteroatoms. The van der Waals surface area contributed by atoms with Crippen molar-refractivity contribution in [3.63, 3.8) is 0 Å². The zero-order valence-corrected chi connectivity index (χ0v) is 15.1. The first-order valence-electron chi connectivity index (χ1n) is 8.43. The van der Waals surface area contributed by atoms with Crippen LogP contribution in [0.2, 0.25) is 0 Å². The second-order valence-corrected chi connectivity index (χ2v) is 5.37. The topological polar surface area (TPSA) is 77.8 Å². The number of methoxy groups -OCH3 is 1. The van der Waals surface area contributed by atoms with Crippen molar-refractivity contribution in [2.24, 2.45) is 0 Å². The predicted molar refractivity (Wildman–Crippen MR) is 101 cm³/mol. The lowest BCUT2D eigenvalue weighted by molar-refractivity contribution is -0.137. The maximum Gasteiger partial charge on any atom is 0.330 e. The molecular formula is C21H21NO5. The van der Waals surface area contributed by atoms with Crippen molar-refractivity contribution in [1.29, 1.82) is 5.26 Å². The third-order valence-corrected chi connectivity index (χ3v) is 3.44. The maximum absolute atomic E-state index is 11.8. The first-order valence-corrected chi connectivity index (χ1v) is 8.43. The summed E-state index contributed by atoms with van der Waals surface area (Å²) >= 11 is 0. The zero-order valence-electron chi connectivity index (χ0n) is 15.1. The first-order chi connectivity index (χ1) is 13.2. The van der Waals surface area contributed by atoms with Crippen LogP contribution in [0.5, 0.6) is 17.2 Å². The van der Waals surface area contributed by atoms with Crippen molar-refractivity contribution < 1.29 is 23.7 Å².